The van der Waals surface area contributed by atoms with Crippen LogP contribution in [0.4, 0.5) is 11.4 Å². The smallest absolute Gasteiger partial charge is 0.143 e. The van der Waals surface area contributed by atoms with Gasteiger partial charge in [-0.15, -0.1) is 0 Å². The van der Waals surface area contributed by atoms with E-state index in [0.717, 1.165) is 61.4 Å². The minimum absolute atomic E-state index is 0.249. The van der Waals surface area contributed by atoms with Gasteiger partial charge in [0, 0.05) is 0 Å². The molecule has 0 amide bonds. The van der Waals surface area contributed by atoms with Crippen LogP contribution in [0.1, 0.15) is 66.2 Å². The minimum atomic E-state index is 0.249. The lowest BCUT2D eigenvalue weighted by molar-refractivity contribution is 0.186. The number of hydrogen-bond acceptors (Lipinski definition) is 3. The molecule has 0 fully saturated rings. The van der Waals surface area contributed by atoms with Gasteiger partial charge in [-0.2, -0.15) is 0 Å². The van der Waals surface area contributed by atoms with Gasteiger partial charge < -0.3 is 14.8 Å². The molecule has 0 heterocycles. The molecule has 0 aliphatic heterocycles. The normalized spacial score (nSPS) is 13.0. The first-order chi connectivity index (χ1) is 13.2. The molecule has 0 radical (unpaired) electrons. The van der Waals surface area contributed by atoms with E-state index in [4.69, 9.17) is 9.47 Å². The van der Waals surface area contributed by atoms with Gasteiger partial charge in [0.25, 0.3) is 0 Å². The number of hydrogen-bond donors (Lipinski definition) is 1. The van der Waals surface area contributed by atoms with Gasteiger partial charge >= 0.3 is 0 Å². The van der Waals surface area contributed by atoms with Crippen molar-refractivity contribution in [3.05, 3.63) is 48.5 Å². The molecule has 1 N–H and O–H groups in total. The number of anilines is 2. The molecule has 3 nitrogen and oxygen atoms in total. The van der Waals surface area contributed by atoms with Gasteiger partial charge in [0.1, 0.15) is 11.5 Å². The van der Waals surface area contributed by atoms with Gasteiger partial charge in [0.15, 0.2) is 0 Å². The van der Waals surface area contributed by atoms with Crippen LogP contribution in [-0.2, 0) is 0 Å². The molecule has 3 heteroatoms. The molecule has 0 aliphatic rings. The van der Waals surface area contributed by atoms with E-state index in [2.05, 4.69) is 45.1 Å². The lowest BCUT2D eigenvalue weighted by atomic mass is 10.1. The van der Waals surface area contributed by atoms with Crippen molar-refractivity contribution in [1.29, 1.82) is 0 Å². The van der Waals surface area contributed by atoms with Crippen LogP contribution in [0.5, 0.6) is 11.5 Å². The summed E-state index contributed by atoms with van der Waals surface area (Å²) in [5.41, 5.74) is 1.96. The summed E-state index contributed by atoms with van der Waals surface area (Å²) in [6.45, 7) is 8.75. The van der Waals surface area contributed by atoms with E-state index in [1.54, 1.807) is 0 Å². The Morgan fingerprint density at radius 3 is 1.44 bits per heavy atom. The van der Waals surface area contributed by atoms with Crippen LogP contribution in [0.2, 0.25) is 0 Å². The second-order valence-electron chi connectivity index (χ2n) is 6.99. The topological polar surface area (TPSA) is 30.5 Å². The van der Waals surface area contributed by atoms with Crippen molar-refractivity contribution in [2.45, 2.75) is 78.4 Å². The van der Waals surface area contributed by atoms with Crippen LogP contribution in [0, 0.1) is 0 Å². The van der Waals surface area contributed by atoms with E-state index in [1.807, 2.05) is 36.4 Å². The van der Waals surface area contributed by atoms with Crippen LogP contribution < -0.4 is 14.8 Å². The molecule has 27 heavy (non-hydrogen) atoms. The van der Waals surface area contributed by atoms with Crippen LogP contribution in [0.3, 0.4) is 0 Å². The first-order valence-corrected chi connectivity index (χ1v) is 10.5. The van der Waals surface area contributed by atoms with E-state index in [9.17, 15) is 0 Å². The third-order valence-corrected chi connectivity index (χ3v) is 4.76. The summed E-state index contributed by atoms with van der Waals surface area (Å²) in [6, 6.07) is 16.3. The van der Waals surface area contributed by atoms with Crippen molar-refractivity contribution >= 4 is 11.4 Å². The summed E-state index contributed by atoms with van der Waals surface area (Å²) in [7, 11) is 0. The quantitative estimate of drug-likeness (QED) is 0.424. The van der Waals surface area contributed by atoms with Gasteiger partial charge in [-0.3, -0.25) is 0 Å². The van der Waals surface area contributed by atoms with Crippen molar-refractivity contribution in [2.24, 2.45) is 0 Å². The number of rotatable bonds is 12. The molecular formula is C24H35NO2. The highest BCUT2D eigenvalue weighted by Gasteiger charge is 2.14. The Morgan fingerprint density at radius 1 is 0.667 bits per heavy atom. The zero-order valence-corrected chi connectivity index (χ0v) is 17.3. The molecule has 0 aliphatic carbocycles. The van der Waals surface area contributed by atoms with Crippen LogP contribution in [0.25, 0.3) is 0 Å². The molecule has 2 rings (SSSR count). The SMILES string of the molecule is CCCC(CC)Oc1ccccc1Nc1ccccc1OC(CC)CCC. The fourth-order valence-corrected chi connectivity index (χ4v) is 3.19. The van der Waals surface area contributed by atoms with Crippen molar-refractivity contribution in [2.75, 3.05) is 5.32 Å². The Bertz CT molecular complexity index is 613. The molecule has 0 saturated carbocycles. The molecule has 0 aromatic heterocycles. The Kier molecular flexibility index (Phi) is 9.03. The van der Waals surface area contributed by atoms with E-state index in [1.165, 1.54) is 0 Å². The number of nitrogens with one attached hydrogen (secondary N) is 1. The Labute approximate surface area is 165 Å². The number of para-hydroxylation sites is 4. The Hall–Kier alpha value is -2.16. The fourth-order valence-electron chi connectivity index (χ4n) is 3.19. The van der Waals surface area contributed by atoms with Crippen LogP contribution >= 0.6 is 0 Å². The summed E-state index contributed by atoms with van der Waals surface area (Å²) in [5.74, 6) is 1.79. The lowest BCUT2D eigenvalue weighted by Crippen LogP contribution is -2.16. The maximum absolute atomic E-state index is 6.28. The van der Waals surface area contributed by atoms with Crippen molar-refractivity contribution in [3.8, 4) is 11.5 Å². The molecule has 2 atom stereocenters. The van der Waals surface area contributed by atoms with Gasteiger partial charge in [0.05, 0.1) is 23.6 Å². The maximum atomic E-state index is 6.28. The fraction of sp³-hybridized carbons (Fsp3) is 0.500. The first-order valence-electron chi connectivity index (χ1n) is 10.5. The summed E-state index contributed by atoms with van der Waals surface area (Å²) in [4.78, 5) is 0. The summed E-state index contributed by atoms with van der Waals surface area (Å²) in [6.07, 6.45) is 6.91. The first kappa shape index (κ1) is 21.1. The highest BCUT2D eigenvalue weighted by molar-refractivity contribution is 5.70. The molecule has 148 valence electrons. The van der Waals surface area contributed by atoms with E-state index in [-0.39, 0.29) is 12.2 Å². The van der Waals surface area contributed by atoms with Crippen molar-refractivity contribution < 1.29 is 9.47 Å². The summed E-state index contributed by atoms with van der Waals surface area (Å²) < 4.78 is 12.6. The van der Waals surface area contributed by atoms with Crippen LogP contribution in [0.15, 0.2) is 48.5 Å². The zero-order valence-electron chi connectivity index (χ0n) is 17.3. The average molecular weight is 370 g/mol. The Balaban J connectivity index is 2.20. The average Bonchev–Trinajstić information content (AvgIpc) is 2.70. The molecule has 2 aromatic carbocycles. The molecule has 0 spiro atoms. The molecule has 0 saturated heterocycles. The predicted molar refractivity (Wildman–Crippen MR) is 115 cm³/mol. The zero-order chi connectivity index (χ0) is 19.5. The third-order valence-electron chi connectivity index (χ3n) is 4.76. The largest absolute Gasteiger partial charge is 0.488 e. The monoisotopic (exact) mass is 369 g/mol. The van der Waals surface area contributed by atoms with Crippen molar-refractivity contribution in [1.82, 2.24) is 0 Å². The maximum Gasteiger partial charge on any atom is 0.143 e. The summed E-state index contributed by atoms with van der Waals surface area (Å²) in [5, 5.41) is 3.53. The third kappa shape index (κ3) is 6.50. The van der Waals surface area contributed by atoms with E-state index < -0.39 is 0 Å². The highest BCUT2D eigenvalue weighted by Crippen LogP contribution is 2.34. The van der Waals surface area contributed by atoms with Gasteiger partial charge in [-0.25, -0.2) is 0 Å². The molecule has 2 aromatic rings. The highest BCUT2D eigenvalue weighted by atomic mass is 16.5. The molecule has 0 bridgehead atoms. The van der Waals surface area contributed by atoms with Gasteiger partial charge in [-0.05, 0) is 49.9 Å². The molecule has 2 unspecified atom stereocenters. The second-order valence-corrected chi connectivity index (χ2v) is 6.99. The van der Waals surface area contributed by atoms with Crippen LogP contribution in [-0.4, -0.2) is 12.2 Å². The Morgan fingerprint density at radius 2 is 1.07 bits per heavy atom. The van der Waals surface area contributed by atoms with E-state index >= 15 is 0 Å². The predicted octanol–water partition coefficient (Wildman–Crippen LogP) is 7.35. The number of benzene rings is 2. The summed E-state index contributed by atoms with van der Waals surface area (Å²) >= 11 is 0. The van der Waals surface area contributed by atoms with E-state index in [0.29, 0.717) is 0 Å². The van der Waals surface area contributed by atoms with Gasteiger partial charge in [-0.1, -0.05) is 64.8 Å². The second kappa shape index (κ2) is 11.5. The standard InChI is InChI=1S/C24H35NO2/c1-5-13-19(7-3)26-23-17-11-9-15-21(23)25-22-16-10-12-18-24(22)27-20(8-4)14-6-2/h9-12,15-20,25H,5-8,13-14H2,1-4H3. The van der Waals surface area contributed by atoms with Crippen molar-refractivity contribution in [3.63, 3.8) is 0 Å². The number of ether oxygens (including phenoxy) is 2. The van der Waals surface area contributed by atoms with Gasteiger partial charge in [0.2, 0.25) is 0 Å². The minimum Gasteiger partial charge on any atom is -0.488 e. The molecular weight excluding hydrogens is 334 g/mol. The lowest BCUT2D eigenvalue weighted by Gasteiger charge is -2.22.